The zero-order valence-electron chi connectivity index (χ0n) is 18.8. The molecule has 0 bridgehead atoms. The summed E-state index contributed by atoms with van der Waals surface area (Å²) >= 11 is 0. The van der Waals surface area contributed by atoms with Gasteiger partial charge in [-0.05, 0) is 30.9 Å². The van der Waals surface area contributed by atoms with Gasteiger partial charge in [-0.1, -0.05) is 60.7 Å². The highest BCUT2D eigenvalue weighted by Crippen LogP contribution is 2.29. The number of carboxylic acids is 2. The van der Waals surface area contributed by atoms with Crippen LogP contribution in [0.15, 0.2) is 60.7 Å². The van der Waals surface area contributed by atoms with Crippen LogP contribution in [0.5, 0.6) is 0 Å². The molecule has 178 valence electrons. The van der Waals surface area contributed by atoms with Gasteiger partial charge in [0.2, 0.25) is 0 Å². The Hall–Kier alpha value is -3.23. The molecule has 33 heavy (non-hydrogen) atoms. The van der Waals surface area contributed by atoms with E-state index in [1.807, 2.05) is 36.4 Å². The van der Waals surface area contributed by atoms with Gasteiger partial charge in [-0.3, -0.25) is 4.79 Å². The number of esters is 1. The third-order valence-corrected chi connectivity index (χ3v) is 5.16. The molecule has 1 saturated heterocycles. The summed E-state index contributed by atoms with van der Waals surface area (Å²) < 4.78 is 10.6. The predicted octanol–water partition coefficient (Wildman–Crippen LogP) is 3.37. The molecule has 0 atom stereocenters. The highest BCUT2D eigenvalue weighted by molar-refractivity contribution is 6.28. The van der Waals surface area contributed by atoms with E-state index in [0.717, 1.165) is 25.9 Å². The van der Waals surface area contributed by atoms with E-state index in [9.17, 15) is 14.4 Å². The normalized spacial score (nSPS) is 14.2. The summed E-state index contributed by atoms with van der Waals surface area (Å²) in [6.07, 6.45) is 2.23. The summed E-state index contributed by atoms with van der Waals surface area (Å²) in [5.74, 6) is -3.48. The predicted molar refractivity (Wildman–Crippen MR) is 122 cm³/mol. The van der Waals surface area contributed by atoms with Crippen LogP contribution in [0.1, 0.15) is 43.4 Å². The fourth-order valence-electron chi connectivity index (χ4n) is 3.51. The van der Waals surface area contributed by atoms with Crippen LogP contribution >= 0.6 is 0 Å². The minimum absolute atomic E-state index is 0.0574. The van der Waals surface area contributed by atoms with Crippen molar-refractivity contribution in [3.8, 4) is 0 Å². The van der Waals surface area contributed by atoms with Gasteiger partial charge in [0.1, 0.15) is 6.10 Å². The Morgan fingerprint density at radius 3 is 1.85 bits per heavy atom. The van der Waals surface area contributed by atoms with Gasteiger partial charge in [-0.25, -0.2) is 9.59 Å². The van der Waals surface area contributed by atoms with Crippen LogP contribution in [-0.4, -0.2) is 65.4 Å². The monoisotopic (exact) mass is 457 g/mol. The third-order valence-electron chi connectivity index (χ3n) is 5.16. The van der Waals surface area contributed by atoms with Crippen molar-refractivity contribution in [2.24, 2.45) is 0 Å². The number of hydrogen-bond acceptors (Lipinski definition) is 6. The van der Waals surface area contributed by atoms with Gasteiger partial charge in [-0.15, -0.1) is 0 Å². The summed E-state index contributed by atoms with van der Waals surface area (Å²) in [5, 5.41) is 16.7. The van der Waals surface area contributed by atoms with Gasteiger partial charge in [-0.2, -0.15) is 0 Å². The number of piperidine rings is 1. The van der Waals surface area contributed by atoms with Crippen molar-refractivity contribution >= 4 is 17.9 Å². The molecule has 1 heterocycles. The van der Waals surface area contributed by atoms with Crippen molar-refractivity contribution in [2.45, 2.75) is 38.4 Å². The van der Waals surface area contributed by atoms with E-state index in [4.69, 9.17) is 14.9 Å². The van der Waals surface area contributed by atoms with Crippen molar-refractivity contribution in [3.63, 3.8) is 0 Å². The van der Waals surface area contributed by atoms with E-state index < -0.39 is 17.9 Å². The van der Waals surface area contributed by atoms with Crippen molar-refractivity contribution in [3.05, 3.63) is 71.8 Å². The zero-order chi connectivity index (χ0) is 24.1. The molecule has 3 rings (SSSR count). The molecule has 0 aliphatic carbocycles. The maximum atomic E-state index is 10.7. The number of benzene rings is 2. The van der Waals surface area contributed by atoms with Crippen molar-refractivity contribution in [1.82, 2.24) is 4.90 Å². The number of nitrogens with zero attached hydrogens (tertiary/aromatic N) is 1. The molecule has 0 radical (unpaired) electrons. The smallest absolute Gasteiger partial charge is 0.417 e. The SMILES string of the molecule is CCOC(=O)C(=O)O.O=C(O)CCN1CCC(OC(c2ccccc2)c2ccccc2)CC1. The molecule has 8 heteroatoms. The molecule has 1 fully saturated rings. The second kappa shape index (κ2) is 14.0. The van der Waals surface area contributed by atoms with E-state index in [-0.39, 0.29) is 25.2 Å². The molecular weight excluding hydrogens is 426 g/mol. The highest BCUT2D eigenvalue weighted by atomic mass is 16.6. The molecule has 0 aromatic heterocycles. The second-order valence-electron chi connectivity index (χ2n) is 7.55. The number of aliphatic carboxylic acids is 2. The van der Waals surface area contributed by atoms with Crippen LogP contribution < -0.4 is 0 Å². The number of rotatable bonds is 8. The zero-order valence-corrected chi connectivity index (χ0v) is 18.8. The third kappa shape index (κ3) is 9.43. The molecule has 8 nitrogen and oxygen atoms in total. The van der Waals surface area contributed by atoms with Crippen LogP contribution in [0.4, 0.5) is 0 Å². The van der Waals surface area contributed by atoms with E-state index in [1.165, 1.54) is 11.1 Å². The fraction of sp³-hybridized carbons (Fsp3) is 0.400. The first-order valence-electron chi connectivity index (χ1n) is 11.0. The van der Waals surface area contributed by atoms with E-state index >= 15 is 0 Å². The largest absolute Gasteiger partial charge is 0.481 e. The maximum Gasteiger partial charge on any atom is 0.417 e. The highest BCUT2D eigenvalue weighted by Gasteiger charge is 2.24. The van der Waals surface area contributed by atoms with Gasteiger partial charge in [0.25, 0.3) is 0 Å². The summed E-state index contributed by atoms with van der Waals surface area (Å²) in [4.78, 5) is 32.5. The number of carbonyl (C=O) groups is 3. The van der Waals surface area contributed by atoms with Gasteiger partial charge < -0.3 is 24.6 Å². The van der Waals surface area contributed by atoms with E-state index in [0.29, 0.717) is 6.54 Å². The van der Waals surface area contributed by atoms with Crippen LogP contribution in [0.25, 0.3) is 0 Å². The number of ether oxygens (including phenoxy) is 2. The Morgan fingerprint density at radius 2 is 1.45 bits per heavy atom. The first-order valence-corrected chi connectivity index (χ1v) is 11.0. The molecule has 0 unspecified atom stereocenters. The Balaban J connectivity index is 0.000000414. The molecule has 2 N–H and O–H groups in total. The molecule has 2 aromatic carbocycles. The maximum absolute atomic E-state index is 10.7. The molecule has 0 spiro atoms. The van der Waals surface area contributed by atoms with Crippen molar-refractivity contribution in [2.75, 3.05) is 26.2 Å². The average Bonchev–Trinajstić information content (AvgIpc) is 2.83. The summed E-state index contributed by atoms with van der Waals surface area (Å²) in [7, 11) is 0. The minimum atomic E-state index is -1.55. The van der Waals surface area contributed by atoms with Gasteiger partial charge in [0, 0.05) is 19.6 Å². The number of carboxylic acid groups (broad SMARTS) is 2. The Morgan fingerprint density at radius 1 is 0.939 bits per heavy atom. The van der Waals surface area contributed by atoms with Crippen LogP contribution in [0, 0.1) is 0 Å². The number of carbonyl (C=O) groups excluding carboxylic acids is 1. The van der Waals surface area contributed by atoms with Gasteiger partial charge in [0.05, 0.1) is 19.1 Å². The lowest BCUT2D eigenvalue weighted by atomic mass is 10.00. The quantitative estimate of drug-likeness (QED) is 0.458. The van der Waals surface area contributed by atoms with Gasteiger partial charge >= 0.3 is 17.9 Å². The molecule has 0 amide bonds. The average molecular weight is 458 g/mol. The first kappa shape index (κ1) is 26.0. The Labute approximate surface area is 193 Å². The van der Waals surface area contributed by atoms with E-state index in [1.54, 1.807) is 6.92 Å². The second-order valence-corrected chi connectivity index (χ2v) is 7.55. The Kier molecular flexibility index (Phi) is 11.1. The fourth-order valence-corrected chi connectivity index (χ4v) is 3.51. The summed E-state index contributed by atoms with van der Waals surface area (Å²) in [6.45, 7) is 4.07. The summed E-state index contributed by atoms with van der Waals surface area (Å²) in [6, 6.07) is 20.7. The summed E-state index contributed by atoms with van der Waals surface area (Å²) in [5.41, 5.74) is 2.34. The van der Waals surface area contributed by atoms with Crippen LogP contribution in [0.3, 0.4) is 0 Å². The van der Waals surface area contributed by atoms with Gasteiger partial charge in [0.15, 0.2) is 0 Å². The molecule has 0 saturated carbocycles. The topological polar surface area (TPSA) is 113 Å². The first-order chi connectivity index (χ1) is 15.9. The Bertz CT molecular complexity index is 825. The lowest BCUT2D eigenvalue weighted by molar-refractivity contribution is -0.163. The standard InChI is InChI=1S/C21H25NO3.C4H6O4/c23-20(24)13-16-22-14-11-19(12-15-22)25-21(17-7-3-1-4-8-17)18-9-5-2-6-10-18;1-2-8-4(7)3(5)6/h1-10,19,21H,11-16H2,(H,23,24);2H2,1H3,(H,5,6). The molecule has 1 aliphatic rings. The molecule has 1 aliphatic heterocycles. The lowest BCUT2D eigenvalue weighted by Crippen LogP contribution is -2.38. The molecule has 2 aromatic rings. The number of likely N-dealkylation sites (tertiary alicyclic amines) is 1. The van der Waals surface area contributed by atoms with Crippen molar-refractivity contribution < 1.29 is 34.1 Å². The minimum Gasteiger partial charge on any atom is -0.481 e. The van der Waals surface area contributed by atoms with Crippen molar-refractivity contribution in [1.29, 1.82) is 0 Å². The van der Waals surface area contributed by atoms with Crippen LogP contribution in [-0.2, 0) is 23.9 Å². The van der Waals surface area contributed by atoms with E-state index in [2.05, 4.69) is 33.9 Å². The number of hydrogen-bond donors (Lipinski definition) is 2. The molecular formula is C25H31NO7. The lowest BCUT2D eigenvalue weighted by Gasteiger charge is -2.34. The van der Waals surface area contributed by atoms with Crippen LogP contribution in [0.2, 0.25) is 0 Å².